The van der Waals surface area contributed by atoms with E-state index in [-0.39, 0.29) is 0 Å². The Morgan fingerprint density at radius 2 is 1.94 bits per heavy atom. The van der Waals surface area contributed by atoms with E-state index in [0.29, 0.717) is 17.3 Å². The van der Waals surface area contributed by atoms with Crippen molar-refractivity contribution in [1.82, 2.24) is 15.0 Å². The van der Waals surface area contributed by atoms with Gasteiger partial charge in [-0.25, -0.2) is 20.8 Å². The Hall–Kier alpha value is -1.93. The zero-order valence-corrected chi connectivity index (χ0v) is 10.3. The Labute approximate surface area is 102 Å². The molecule has 6 N–H and O–H groups in total. The zero-order chi connectivity index (χ0) is 12.4. The number of nitrogens with one attached hydrogen (secondary N) is 2. The predicted molar refractivity (Wildman–Crippen MR) is 69.1 cm³/mol. The van der Waals surface area contributed by atoms with Crippen molar-refractivity contribution in [3.63, 3.8) is 0 Å². The van der Waals surface area contributed by atoms with Crippen molar-refractivity contribution < 1.29 is 0 Å². The van der Waals surface area contributed by atoms with E-state index in [4.69, 9.17) is 11.6 Å². The molecule has 0 unspecified atom stereocenters. The highest BCUT2D eigenvalue weighted by atomic mass is 32.1. The van der Waals surface area contributed by atoms with Crippen molar-refractivity contribution in [2.24, 2.45) is 5.84 Å². The number of hydrogen-bond acceptors (Lipinski definition) is 8. The number of nitrogens with zero attached hydrogens (tertiary/aromatic N) is 3. The first-order valence-corrected chi connectivity index (χ1v) is 5.71. The van der Waals surface area contributed by atoms with E-state index in [1.54, 1.807) is 11.3 Å². The highest BCUT2D eigenvalue weighted by Gasteiger charge is 2.09. The molecule has 2 rings (SSSR count). The van der Waals surface area contributed by atoms with Gasteiger partial charge in [0, 0.05) is 4.88 Å². The van der Waals surface area contributed by atoms with Crippen LogP contribution in [-0.4, -0.2) is 15.0 Å². The Morgan fingerprint density at radius 3 is 2.53 bits per heavy atom. The lowest BCUT2D eigenvalue weighted by molar-refractivity contribution is 1.14. The second-order valence-electron chi connectivity index (χ2n) is 3.41. The van der Waals surface area contributed by atoms with E-state index in [2.05, 4.69) is 25.7 Å². The van der Waals surface area contributed by atoms with Crippen LogP contribution in [0.4, 0.5) is 22.5 Å². The molecule has 0 bridgehead atoms. The van der Waals surface area contributed by atoms with Gasteiger partial charge in [-0.3, -0.25) is 0 Å². The Bertz CT molecular complexity index is 517. The van der Waals surface area contributed by atoms with Gasteiger partial charge in [0.1, 0.15) is 12.0 Å². The minimum atomic E-state index is 0.362. The van der Waals surface area contributed by atoms with Crippen LogP contribution in [0.15, 0.2) is 6.33 Å². The van der Waals surface area contributed by atoms with Crippen molar-refractivity contribution in [3.05, 3.63) is 16.9 Å². The summed E-state index contributed by atoms with van der Waals surface area (Å²) in [5.41, 5.74) is 9.59. The summed E-state index contributed by atoms with van der Waals surface area (Å²) < 4.78 is 0. The lowest BCUT2D eigenvalue weighted by atomic mass is 10.4. The van der Waals surface area contributed by atoms with Crippen molar-refractivity contribution in [2.75, 3.05) is 16.5 Å². The molecule has 90 valence electrons. The van der Waals surface area contributed by atoms with Crippen LogP contribution in [0.5, 0.6) is 0 Å². The normalized spacial score (nSPS) is 10.3. The number of nitrogens with two attached hydrogens (primary N) is 2. The summed E-state index contributed by atoms with van der Waals surface area (Å²) in [7, 11) is 0. The minimum Gasteiger partial charge on any atom is -0.393 e. The van der Waals surface area contributed by atoms with Crippen LogP contribution in [-0.2, 0) is 0 Å². The summed E-state index contributed by atoms with van der Waals surface area (Å²) in [4.78, 5) is 13.4. The smallest absolute Gasteiger partial charge is 0.188 e. The number of hydrogen-bond donors (Lipinski definition) is 4. The molecule has 0 fully saturated rings. The summed E-state index contributed by atoms with van der Waals surface area (Å²) in [6.45, 7) is 3.96. The molecule has 0 aliphatic heterocycles. The van der Waals surface area contributed by atoms with Crippen LogP contribution < -0.4 is 22.3 Å². The van der Waals surface area contributed by atoms with E-state index in [1.807, 2.05) is 13.8 Å². The van der Waals surface area contributed by atoms with Gasteiger partial charge in [-0.2, -0.15) is 0 Å². The number of nitrogen functional groups attached to an aromatic ring is 2. The van der Waals surface area contributed by atoms with Gasteiger partial charge in [0.2, 0.25) is 0 Å². The number of aryl methyl sites for hydroxylation is 2. The first-order chi connectivity index (χ1) is 8.11. The maximum Gasteiger partial charge on any atom is 0.188 e. The van der Waals surface area contributed by atoms with Crippen LogP contribution in [0.25, 0.3) is 0 Å². The van der Waals surface area contributed by atoms with Crippen molar-refractivity contribution in [2.45, 2.75) is 13.8 Å². The van der Waals surface area contributed by atoms with E-state index in [1.165, 1.54) is 6.33 Å². The highest BCUT2D eigenvalue weighted by molar-refractivity contribution is 7.15. The first-order valence-electron chi connectivity index (χ1n) is 4.90. The molecule has 0 radical (unpaired) electrons. The number of aromatic nitrogens is 3. The van der Waals surface area contributed by atoms with Crippen LogP contribution in [0, 0.1) is 13.8 Å². The van der Waals surface area contributed by atoms with Gasteiger partial charge in [-0.15, -0.1) is 11.3 Å². The molecule has 0 amide bonds. The number of hydrazine groups is 1. The van der Waals surface area contributed by atoms with Gasteiger partial charge in [0.05, 0.1) is 5.69 Å². The minimum absolute atomic E-state index is 0.362. The van der Waals surface area contributed by atoms with Crippen molar-refractivity contribution in [3.8, 4) is 0 Å². The fourth-order valence-electron chi connectivity index (χ4n) is 1.24. The van der Waals surface area contributed by atoms with Crippen molar-refractivity contribution in [1.29, 1.82) is 0 Å². The summed E-state index contributed by atoms with van der Waals surface area (Å²) in [6.07, 6.45) is 1.38. The number of thiazole rings is 1. The molecule has 0 saturated carbocycles. The molecule has 2 aromatic heterocycles. The molecule has 0 atom stereocenters. The zero-order valence-electron chi connectivity index (χ0n) is 9.48. The lowest BCUT2D eigenvalue weighted by Gasteiger charge is -2.08. The first kappa shape index (κ1) is 11.6. The van der Waals surface area contributed by atoms with E-state index < -0.39 is 0 Å². The summed E-state index contributed by atoms with van der Waals surface area (Å²) in [6, 6.07) is 0. The van der Waals surface area contributed by atoms with Crippen LogP contribution in [0.2, 0.25) is 0 Å². The largest absolute Gasteiger partial charge is 0.393 e. The third-order valence-corrected chi connectivity index (χ3v) is 3.26. The van der Waals surface area contributed by atoms with Crippen LogP contribution >= 0.6 is 11.3 Å². The third kappa shape index (κ3) is 2.27. The maximum absolute atomic E-state index is 5.83. The van der Waals surface area contributed by atoms with Gasteiger partial charge < -0.3 is 16.5 Å². The van der Waals surface area contributed by atoms with Gasteiger partial charge in [0.15, 0.2) is 16.8 Å². The maximum atomic E-state index is 5.83. The molecule has 2 aromatic rings. The molecule has 17 heavy (non-hydrogen) atoms. The number of rotatable bonds is 3. The van der Waals surface area contributed by atoms with Gasteiger partial charge >= 0.3 is 0 Å². The Morgan fingerprint density at radius 1 is 1.24 bits per heavy atom. The monoisotopic (exact) mass is 251 g/mol. The standard InChI is InChI=1S/C9H13N7S/c1-4-5(2)17-9(14-4)15-7-6(10)8(16-11)13-3-12-7/h3H,10-11H2,1-2H3,(H2,12,13,14,15,16). The lowest BCUT2D eigenvalue weighted by Crippen LogP contribution is -2.12. The average Bonchev–Trinajstić information content (AvgIpc) is 2.61. The van der Waals surface area contributed by atoms with Gasteiger partial charge in [0.25, 0.3) is 0 Å². The molecule has 2 heterocycles. The molecule has 8 heteroatoms. The summed E-state index contributed by atoms with van der Waals surface area (Å²) in [5.74, 6) is 6.15. The second-order valence-corrected chi connectivity index (χ2v) is 4.62. The topological polar surface area (TPSA) is 115 Å². The Kier molecular flexibility index (Phi) is 3.07. The van der Waals surface area contributed by atoms with Crippen molar-refractivity contribution >= 4 is 33.8 Å². The number of anilines is 4. The molecule has 0 saturated heterocycles. The van der Waals surface area contributed by atoms with Crippen LogP contribution in [0.1, 0.15) is 10.6 Å². The summed E-state index contributed by atoms with van der Waals surface area (Å²) in [5, 5.41) is 3.79. The molecular formula is C9H13N7S. The quantitative estimate of drug-likeness (QED) is 0.478. The van der Waals surface area contributed by atoms with Gasteiger partial charge in [-0.05, 0) is 13.8 Å². The SMILES string of the molecule is Cc1nc(Nc2ncnc(NN)c2N)sc1C. The van der Waals surface area contributed by atoms with Gasteiger partial charge in [-0.1, -0.05) is 0 Å². The van der Waals surface area contributed by atoms with E-state index in [0.717, 1.165) is 15.7 Å². The molecule has 0 spiro atoms. The summed E-state index contributed by atoms with van der Waals surface area (Å²) >= 11 is 1.54. The molecule has 0 aliphatic carbocycles. The van der Waals surface area contributed by atoms with E-state index >= 15 is 0 Å². The van der Waals surface area contributed by atoms with Crippen LogP contribution in [0.3, 0.4) is 0 Å². The molecule has 0 aliphatic rings. The average molecular weight is 251 g/mol. The third-order valence-electron chi connectivity index (χ3n) is 2.27. The fourth-order valence-corrected chi connectivity index (χ4v) is 2.05. The molecular weight excluding hydrogens is 238 g/mol. The molecule has 0 aromatic carbocycles. The molecule has 7 nitrogen and oxygen atoms in total. The fraction of sp³-hybridized carbons (Fsp3) is 0.222. The highest BCUT2D eigenvalue weighted by Crippen LogP contribution is 2.28. The second kappa shape index (κ2) is 4.52. The predicted octanol–water partition coefficient (Wildman–Crippen LogP) is 1.16. The Balaban J connectivity index is 2.30. The van der Waals surface area contributed by atoms with E-state index in [9.17, 15) is 0 Å².